The summed E-state index contributed by atoms with van der Waals surface area (Å²) in [7, 11) is -0.329. The fraction of sp³-hybridized carbons (Fsp3) is 0.348. The van der Waals surface area contributed by atoms with Gasteiger partial charge < -0.3 is 19.7 Å². The second kappa shape index (κ2) is 10.9. The third-order valence-electron chi connectivity index (χ3n) is 5.52. The molecule has 0 spiro atoms. The molecule has 1 aliphatic rings. The SMILES string of the molecule is C=CS(=O)(=O)NC1CCN(C(=O)CNc2cc(-c3ccc(OC)cc3)c(Cl)cc2OC)CC1. The van der Waals surface area contributed by atoms with Crippen LogP contribution in [-0.4, -0.2) is 59.1 Å². The molecule has 1 fully saturated rings. The Hall–Kier alpha value is -2.75. The maximum absolute atomic E-state index is 12.7. The number of hydrogen-bond acceptors (Lipinski definition) is 6. The molecule has 2 aromatic rings. The standard InChI is InChI=1S/C23H28ClN3O5S/c1-4-33(29,30)26-17-9-11-27(12-10-17)23(28)15-25-21-13-19(20(24)14-22(21)32-3)16-5-7-18(31-2)8-6-16/h4-8,13-14,17,25-26H,1,9-12,15H2,2-3H3. The lowest BCUT2D eigenvalue weighted by molar-refractivity contribution is -0.130. The first kappa shape index (κ1) is 24.9. The number of anilines is 1. The van der Waals surface area contributed by atoms with Gasteiger partial charge in [-0.1, -0.05) is 30.3 Å². The Kier molecular flexibility index (Phi) is 8.23. The molecule has 1 amide bonds. The van der Waals surface area contributed by atoms with E-state index in [9.17, 15) is 13.2 Å². The molecule has 0 radical (unpaired) electrons. The lowest BCUT2D eigenvalue weighted by atomic mass is 10.0. The van der Waals surface area contributed by atoms with Crippen LogP contribution in [0.1, 0.15) is 12.8 Å². The number of nitrogens with zero attached hydrogens (tertiary/aromatic N) is 1. The van der Waals surface area contributed by atoms with Crippen molar-refractivity contribution in [3.63, 3.8) is 0 Å². The van der Waals surface area contributed by atoms with E-state index in [-0.39, 0.29) is 18.5 Å². The molecule has 10 heteroatoms. The van der Waals surface area contributed by atoms with Gasteiger partial charge in [0.15, 0.2) is 0 Å². The Labute approximate surface area is 199 Å². The molecule has 1 saturated heterocycles. The van der Waals surface area contributed by atoms with E-state index in [1.54, 1.807) is 25.2 Å². The van der Waals surface area contributed by atoms with Crippen molar-refractivity contribution in [2.45, 2.75) is 18.9 Å². The van der Waals surface area contributed by atoms with Crippen molar-refractivity contribution in [3.05, 3.63) is 53.4 Å². The van der Waals surface area contributed by atoms with Gasteiger partial charge in [0.1, 0.15) is 11.5 Å². The van der Waals surface area contributed by atoms with Crippen LogP contribution in [0.4, 0.5) is 5.69 Å². The minimum absolute atomic E-state index is 0.0725. The van der Waals surface area contributed by atoms with Gasteiger partial charge in [-0.05, 0) is 36.6 Å². The largest absolute Gasteiger partial charge is 0.497 e. The van der Waals surface area contributed by atoms with E-state index in [0.717, 1.165) is 22.3 Å². The maximum Gasteiger partial charge on any atom is 0.241 e. The molecule has 2 N–H and O–H groups in total. The van der Waals surface area contributed by atoms with Gasteiger partial charge in [-0.25, -0.2) is 13.1 Å². The number of carbonyl (C=O) groups excluding carboxylic acids is 1. The topological polar surface area (TPSA) is 97.0 Å². The normalized spacial score (nSPS) is 14.6. The van der Waals surface area contributed by atoms with Crippen LogP contribution in [-0.2, 0) is 14.8 Å². The van der Waals surface area contributed by atoms with Gasteiger partial charge in [-0.3, -0.25) is 4.79 Å². The summed E-state index contributed by atoms with van der Waals surface area (Å²) in [6.07, 6.45) is 1.09. The molecule has 33 heavy (non-hydrogen) atoms. The molecule has 3 rings (SSSR count). The van der Waals surface area contributed by atoms with Crippen LogP contribution in [0.15, 0.2) is 48.4 Å². The molecule has 0 saturated carbocycles. The first-order valence-electron chi connectivity index (χ1n) is 10.4. The number of likely N-dealkylation sites (tertiary alicyclic amines) is 1. The zero-order valence-electron chi connectivity index (χ0n) is 18.6. The van der Waals surface area contributed by atoms with Crippen molar-refractivity contribution < 1.29 is 22.7 Å². The summed E-state index contributed by atoms with van der Waals surface area (Å²) in [5, 5.41) is 4.58. The Balaban J connectivity index is 1.65. The highest BCUT2D eigenvalue weighted by Gasteiger charge is 2.25. The van der Waals surface area contributed by atoms with Gasteiger partial charge in [-0.15, -0.1) is 0 Å². The number of hydrogen-bond donors (Lipinski definition) is 2. The number of amides is 1. The summed E-state index contributed by atoms with van der Waals surface area (Å²) < 4.78 is 36.5. The van der Waals surface area contributed by atoms with Gasteiger partial charge in [-0.2, -0.15) is 0 Å². The quantitative estimate of drug-likeness (QED) is 0.555. The summed E-state index contributed by atoms with van der Waals surface area (Å²) in [6.45, 7) is 4.32. The number of piperidine rings is 1. The summed E-state index contributed by atoms with van der Waals surface area (Å²) in [4.78, 5) is 14.5. The number of sulfonamides is 1. The van der Waals surface area contributed by atoms with E-state index in [1.807, 2.05) is 30.3 Å². The highest BCUT2D eigenvalue weighted by atomic mass is 35.5. The van der Waals surface area contributed by atoms with Crippen molar-refractivity contribution >= 4 is 33.2 Å². The van der Waals surface area contributed by atoms with Crippen LogP contribution < -0.4 is 19.5 Å². The van der Waals surface area contributed by atoms with Crippen LogP contribution in [0.3, 0.4) is 0 Å². The predicted molar refractivity (Wildman–Crippen MR) is 130 cm³/mol. The van der Waals surface area contributed by atoms with Crippen molar-refractivity contribution in [2.75, 3.05) is 39.2 Å². The molecular formula is C23H28ClN3O5S. The molecule has 0 unspecified atom stereocenters. The molecule has 0 bridgehead atoms. The van der Waals surface area contributed by atoms with E-state index >= 15 is 0 Å². The molecule has 8 nitrogen and oxygen atoms in total. The smallest absolute Gasteiger partial charge is 0.241 e. The average molecular weight is 494 g/mol. The molecule has 1 heterocycles. The van der Waals surface area contributed by atoms with Gasteiger partial charge >= 0.3 is 0 Å². The molecular weight excluding hydrogens is 466 g/mol. The summed E-state index contributed by atoms with van der Waals surface area (Å²) >= 11 is 6.47. The van der Waals surface area contributed by atoms with Gasteiger partial charge in [0.25, 0.3) is 0 Å². The maximum atomic E-state index is 12.7. The Morgan fingerprint density at radius 2 is 1.85 bits per heavy atom. The average Bonchev–Trinajstić information content (AvgIpc) is 2.83. The third-order valence-corrected chi connectivity index (χ3v) is 6.93. The first-order chi connectivity index (χ1) is 15.8. The fourth-order valence-electron chi connectivity index (χ4n) is 3.66. The Morgan fingerprint density at radius 3 is 2.42 bits per heavy atom. The van der Waals surface area contributed by atoms with E-state index in [1.165, 1.54) is 0 Å². The van der Waals surface area contributed by atoms with Gasteiger partial charge in [0.2, 0.25) is 15.9 Å². The van der Waals surface area contributed by atoms with Gasteiger partial charge in [0, 0.05) is 36.2 Å². The van der Waals surface area contributed by atoms with Crippen LogP contribution >= 0.6 is 11.6 Å². The van der Waals surface area contributed by atoms with Crippen molar-refractivity contribution in [2.24, 2.45) is 0 Å². The minimum atomic E-state index is -3.48. The first-order valence-corrected chi connectivity index (χ1v) is 12.4. The molecule has 1 aliphatic heterocycles. The zero-order chi connectivity index (χ0) is 24.0. The minimum Gasteiger partial charge on any atom is -0.497 e. The van der Waals surface area contributed by atoms with E-state index in [2.05, 4.69) is 16.6 Å². The lowest BCUT2D eigenvalue weighted by Gasteiger charge is -2.32. The van der Waals surface area contributed by atoms with Gasteiger partial charge in [0.05, 0.1) is 31.5 Å². The lowest BCUT2D eigenvalue weighted by Crippen LogP contribution is -2.47. The zero-order valence-corrected chi connectivity index (χ0v) is 20.2. The molecule has 2 aromatic carbocycles. The van der Waals surface area contributed by atoms with Crippen LogP contribution in [0, 0.1) is 0 Å². The van der Waals surface area contributed by atoms with Crippen molar-refractivity contribution in [1.29, 1.82) is 0 Å². The van der Waals surface area contributed by atoms with Crippen LogP contribution in [0.5, 0.6) is 11.5 Å². The van der Waals surface area contributed by atoms with Crippen molar-refractivity contribution in [1.82, 2.24) is 9.62 Å². The highest BCUT2D eigenvalue weighted by Crippen LogP contribution is 2.37. The van der Waals surface area contributed by atoms with E-state index in [4.69, 9.17) is 21.1 Å². The predicted octanol–water partition coefficient (Wildman–Crippen LogP) is 3.49. The monoisotopic (exact) mass is 493 g/mol. The molecule has 178 valence electrons. The Morgan fingerprint density at radius 1 is 1.18 bits per heavy atom. The summed E-state index contributed by atoms with van der Waals surface area (Å²) in [5.74, 6) is 1.19. The van der Waals surface area contributed by atoms with E-state index in [0.29, 0.717) is 42.4 Å². The second-order valence-corrected chi connectivity index (χ2v) is 9.67. The highest BCUT2D eigenvalue weighted by molar-refractivity contribution is 7.92. The molecule has 0 atom stereocenters. The number of rotatable bonds is 9. The van der Waals surface area contributed by atoms with E-state index < -0.39 is 10.0 Å². The number of halogens is 1. The van der Waals surface area contributed by atoms with Crippen LogP contribution in [0.2, 0.25) is 5.02 Å². The molecule has 0 aromatic heterocycles. The summed E-state index contributed by atoms with van der Waals surface area (Å²) in [5.41, 5.74) is 2.35. The third kappa shape index (κ3) is 6.40. The number of nitrogens with one attached hydrogen (secondary N) is 2. The number of benzene rings is 2. The number of methoxy groups -OCH3 is 2. The number of ether oxygens (including phenoxy) is 2. The number of carbonyl (C=O) groups is 1. The van der Waals surface area contributed by atoms with Crippen molar-refractivity contribution in [3.8, 4) is 22.6 Å². The van der Waals surface area contributed by atoms with Crippen LogP contribution in [0.25, 0.3) is 11.1 Å². The fourth-order valence-corrected chi connectivity index (χ4v) is 4.72. The summed E-state index contributed by atoms with van der Waals surface area (Å²) in [6, 6.07) is 10.9. The molecule has 0 aliphatic carbocycles. The Bertz CT molecular complexity index is 1100. The second-order valence-electron chi connectivity index (χ2n) is 7.60.